The molecule has 0 spiro atoms. The van der Waals surface area contributed by atoms with E-state index < -0.39 is 6.04 Å². The van der Waals surface area contributed by atoms with Crippen molar-refractivity contribution in [1.29, 1.82) is 0 Å². The predicted octanol–water partition coefficient (Wildman–Crippen LogP) is 3.92. The third-order valence-electron chi connectivity index (χ3n) is 6.36. The Hall–Kier alpha value is -4.20. The highest BCUT2D eigenvalue weighted by Gasteiger charge is 2.36. The van der Waals surface area contributed by atoms with E-state index in [2.05, 4.69) is 10.4 Å². The average molecular weight is 485 g/mol. The SMILES string of the molecule is CC(=O)C1CC(C(=O)N(Cc2ccc(C(=O)NC3CC3)cc2)Cc2ccco2)=NN1c1ccccc1. The van der Waals surface area contributed by atoms with E-state index >= 15 is 0 Å². The molecule has 1 aromatic heterocycles. The summed E-state index contributed by atoms with van der Waals surface area (Å²) in [5.41, 5.74) is 2.56. The van der Waals surface area contributed by atoms with Crippen molar-refractivity contribution in [2.75, 3.05) is 5.01 Å². The number of benzene rings is 2. The molecule has 2 aromatic carbocycles. The number of anilines is 1. The van der Waals surface area contributed by atoms with Gasteiger partial charge in [-0.1, -0.05) is 30.3 Å². The zero-order valence-corrected chi connectivity index (χ0v) is 20.1. The normalized spacial score (nSPS) is 17.0. The molecule has 1 fully saturated rings. The lowest BCUT2D eigenvalue weighted by Gasteiger charge is -2.22. The van der Waals surface area contributed by atoms with Crippen LogP contribution in [0.25, 0.3) is 0 Å². The highest BCUT2D eigenvalue weighted by molar-refractivity contribution is 6.40. The molecule has 0 saturated heterocycles. The summed E-state index contributed by atoms with van der Waals surface area (Å²) < 4.78 is 5.51. The van der Waals surface area contributed by atoms with Crippen LogP contribution in [0.5, 0.6) is 0 Å². The van der Waals surface area contributed by atoms with Crippen LogP contribution < -0.4 is 10.3 Å². The number of carbonyl (C=O) groups is 3. The van der Waals surface area contributed by atoms with Crippen LogP contribution in [0, 0.1) is 0 Å². The fourth-order valence-corrected chi connectivity index (χ4v) is 4.23. The largest absolute Gasteiger partial charge is 0.467 e. The fourth-order valence-electron chi connectivity index (χ4n) is 4.23. The molecule has 2 heterocycles. The zero-order chi connectivity index (χ0) is 25.1. The summed E-state index contributed by atoms with van der Waals surface area (Å²) in [4.78, 5) is 40.0. The summed E-state index contributed by atoms with van der Waals surface area (Å²) in [5.74, 6) is 0.254. The molecule has 184 valence electrons. The highest BCUT2D eigenvalue weighted by Crippen LogP contribution is 2.26. The van der Waals surface area contributed by atoms with Gasteiger partial charge in [0, 0.05) is 24.6 Å². The average Bonchev–Trinajstić information content (AvgIpc) is 3.36. The number of carbonyl (C=O) groups excluding carboxylic acids is 3. The number of hydrazone groups is 1. The molecule has 8 heteroatoms. The molecule has 1 aliphatic heterocycles. The lowest BCUT2D eigenvalue weighted by atomic mass is 10.1. The Labute approximate surface area is 209 Å². The second kappa shape index (κ2) is 10.2. The Morgan fingerprint density at radius 1 is 1.00 bits per heavy atom. The molecule has 2 aliphatic rings. The van der Waals surface area contributed by atoms with Gasteiger partial charge in [0.2, 0.25) is 0 Å². The molecule has 5 rings (SSSR count). The number of amides is 2. The van der Waals surface area contributed by atoms with E-state index in [1.807, 2.05) is 48.5 Å². The van der Waals surface area contributed by atoms with Crippen LogP contribution >= 0.6 is 0 Å². The Balaban J connectivity index is 1.36. The van der Waals surface area contributed by atoms with Crippen molar-refractivity contribution < 1.29 is 18.8 Å². The van der Waals surface area contributed by atoms with Gasteiger partial charge in [0.05, 0.1) is 18.5 Å². The quantitative estimate of drug-likeness (QED) is 0.497. The van der Waals surface area contributed by atoms with Gasteiger partial charge in [-0.25, -0.2) is 0 Å². The molecule has 8 nitrogen and oxygen atoms in total. The summed E-state index contributed by atoms with van der Waals surface area (Å²) in [5, 5.41) is 9.19. The van der Waals surface area contributed by atoms with Crippen LogP contribution in [0.15, 0.2) is 82.5 Å². The van der Waals surface area contributed by atoms with Gasteiger partial charge in [-0.2, -0.15) is 5.10 Å². The lowest BCUT2D eigenvalue weighted by molar-refractivity contribution is -0.125. The van der Waals surface area contributed by atoms with Crippen molar-refractivity contribution >= 4 is 29.0 Å². The molecule has 1 saturated carbocycles. The summed E-state index contributed by atoms with van der Waals surface area (Å²) in [6.45, 7) is 2.08. The molecule has 1 unspecified atom stereocenters. The molecule has 1 atom stereocenters. The molecular formula is C28H28N4O4. The van der Waals surface area contributed by atoms with E-state index in [1.165, 1.54) is 6.92 Å². The van der Waals surface area contributed by atoms with Gasteiger partial charge in [-0.05, 0) is 61.7 Å². The lowest BCUT2D eigenvalue weighted by Crippen LogP contribution is -2.36. The zero-order valence-electron chi connectivity index (χ0n) is 20.1. The minimum absolute atomic E-state index is 0.0527. The number of nitrogens with one attached hydrogen (secondary N) is 1. The number of Topliss-reactive ketones (excluding diaryl/α,β-unsaturated/α-hetero) is 1. The van der Waals surface area contributed by atoms with Gasteiger partial charge in [0.25, 0.3) is 11.8 Å². The van der Waals surface area contributed by atoms with Gasteiger partial charge in [-0.3, -0.25) is 19.4 Å². The molecule has 1 aliphatic carbocycles. The van der Waals surface area contributed by atoms with Gasteiger partial charge in [0.15, 0.2) is 5.78 Å². The molecular weight excluding hydrogens is 456 g/mol. The van der Waals surface area contributed by atoms with E-state index in [1.54, 1.807) is 34.4 Å². The summed E-state index contributed by atoms with van der Waals surface area (Å²) in [7, 11) is 0. The minimum atomic E-state index is -0.527. The maximum Gasteiger partial charge on any atom is 0.270 e. The van der Waals surface area contributed by atoms with Crippen molar-refractivity contribution in [3.8, 4) is 0 Å². The van der Waals surface area contributed by atoms with Crippen molar-refractivity contribution in [3.63, 3.8) is 0 Å². The van der Waals surface area contributed by atoms with Gasteiger partial charge in [0.1, 0.15) is 17.5 Å². The first-order valence-electron chi connectivity index (χ1n) is 12.1. The Morgan fingerprint density at radius 3 is 2.39 bits per heavy atom. The van der Waals surface area contributed by atoms with Gasteiger partial charge in [-0.15, -0.1) is 0 Å². The van der Waals surface area contributed by atoms with Crippen LogP contribution in [-0.2, 0) is 22.7 Å². The topological polar surface area (TPSA) is 95.2 Å². The molecule has 1 N–H and O–H groups in total. The summed E-state index contributed by atoms with van der Waals surface area (Å²) in [6.07, 6.45) is 3.87. The number of hydrogen-bond acceptors (Lipinski definition) is 6. The number of nitrogens with zero attached hydrogens (tertiary/aromatic N) is 3. The second-order valence-electron chi connectivity index (χ2n) is 9.24. The van der Waals surface area contributed by atoms with Crippen LogP contribution in [0.3, 0.4) is 0 Å². The number of para-hydroxylation sites is 1. The maximum absolute atomic E-state index is 13.7. The van der Waals surface area contributed by atoms with E-state index in [0.717, 1.165) is 24.1 Å². The Morgan fingerprint density at radius 2 is 1.75 bits per heavy atom. The van der Waals surface area contributed by atoms with E-state index in [9.17, 15) is 14.4 Å². The summed E-state index contributed by atoms with van der Waals surface area (Å²) in [6, 6.07) is 20.0. The molecule has 0 radical (unpaired) electrons. The van der Waals surface area contributed by atoms with Gasteiger partial charge < -0.3 is 14.6 Å². The van der Waals surface area contributed by atoms with Crippen LogP contribution in [0.1, 0.15) is 47.9 Å². The van der Waals surface area contributed by atoms with Crippen LogP contribution in [0.2, 0.25) is 0 Å². The second-order valence-corrected chi connectivity index (χ2v) is 9.24. The smallest absolute Gasteiger partial charge is 0.270 e. The maximum atomic E-state index is 13.7. The molecule has 2 amide bonds. The standard InChI is InChI=1S/C28H28N4O4/c1-19(33)26-16-25(30-32(26)23-6-3-2-4-7-23)28(35)31(18-24-8-5-15-36-24)17-20-9-11-21(12-10-20)27(34)29-22-13-14-22/h2-12,15,22,26H,13-14,16-18H2,1H3,(H,29,34). The number of rotatable bonds is 9. The van der Waals surface area contributed by atoms with Crippen molar-refractivity contribution in [2.45, 2.75) is 51.4 Å². The number of hydrogen-bond donors (Lipinski definition) is 1. The predicted molar refractivity (Wildman–Crippen MR) is 135 cm³/mol. The minimum Gasteiger partial charge on any atom is -0.467 e. The van der Waals surface area contributed by atoms with E-state index in [0.29, 0.717) is 29.6 Å². The summed E-state index contributed by atoms with van der Waals surface area (Å²) >= 11 is 0. The first-order valence-corrected chi connectivity index (χ1v) is 12.1. The third-order valence-corrected chi connectivity index (χ3v) is 6.36. The van der Waals surface area contributed by atoms with Crippen molar-refractivity contribution in [3.05, 3.63) is 89.9 Å². The van der Waals surface area contributed by atoms with Crippen LogP contribution in [0.4, 0.5) is 5.69 Å². The fraction of sp³-hybridized carbons (Fsp3) is 0.286. The first kappa shape index (κ1) is 23.5. The number of ketones is 1. The molecule has 3 aromatic rings. The van der Waals surface area contributed by atoms with Crippen molar-refractivity contribution in [1.82, 2.24) is 10.2 Å². The Bertz CT molecular complexity index is 1260. The van der Waals surface area contributed by atoms with Crippen LogP contribution in [-0.4, -0.2) is 40.3 Å². The van der Waals surface area contributed by atoms with E-state index in [4.69, 9.17) is 4.42 Å². The molecule has 0 bridgehead atoms. The van der Waals surface area contributed by atoms with E-state index in [-0.39, 0.29) is 30.6 Å². The Kier molecular flexibility index (Phi) is 6.66. The monoisotopic (exact) mass is 484 g/mol. The number of furan rings is 1. The third kappa shape index (κ3) is 5.38. The highest BCUT2D eigenvalue weighted by atomic mass is 16.3. The molecule has 36 heavy (non-hydrogen) atoms. The van der Waals surface area contributed by atoms with Crippen molar-refractivity contribution in [2.24, 2.45) is 5.10 Å². The first-order chi connectivity index (χ1) is 17.5. The van der Waals surface area contributed by atoms with Gasteiger partial charge >= 0.3 is 0 Å².